The van der Waals surface area contributed by atoms with Crippen LogP contribution in [0.5, 0.6) is 0 Å². The van der Waals surface area contributed by atoms with Crippen molar-refractivity contribution in [1.82, 2.24) is 10.6 Å². The smallest absolute Gasteiger partial charge is 0.315 e. The van der Waals surface area contributed by atoms with Crippen LogP contribution in [0.3, 0.4) is 0 Å². The van der Waals surface area contributed by atoms with Crippen LogP contribution in [-0.4, -0.2) is 32.3 Å². The molecule has 0 aliphatic carbocycles. The van der Waals surface area contributed by atoms with Gasteiger partial charge in [0.1, 0.15) is 0 Å². The highest BCUT2D eigenvalue weighted by Crippen LogP contribution is 1.96. The number of ether oxygens (including phenoxy) is 1. The summed E-state index contributed by atoms with van der Waals surface area (Å²) in [7, 11) is 0. The lowest BCUT2D eigenvalue weighted by atomic mass is 10.2. The molecule has 0 fully saturated rings. The van der Waals surface area contributed by atoms with Gasteiger partial charge in [-0.05, 0) is 12.0 Å². The lowest BCUT2D eigenvalue weighted by molar-refractivity contribution is 0.139. The zero-order valence-corrected chi connectivity index (χ0v) is 10.5. The molecule has 0 atom stereocenters. The molecule has 5 nitrogen and oxygen atoms in total. The number of rotatable bonds is 8. The first kappa shape index (κ1) is 14.5. The summed E-state index contributed by atoms with van der Waals surface area (Å²) in [5.74, 6) is 0. The lowest BCUT2D eigenvalue weighted by Crippen LogP contribution is -2.35. The van der Waals surface area contributed by atoms with Crippen molar-refractivity contribution in [3.63, 3.8) is 0 Å². The maximum Gasteiger partial charge on any atom is 0.315 e. The Balaban J connectivity index is 2.01. The molecule has 0 aliphatic heterocycles. The van der Waals surface area contributed by atoms with Crippen LogP contribution < -0.4 is 16.4 Å². The van der Waals surface area contributed by atoms with Gasteiger partial charge in [-0.3, -0.25) is 0 Å². The van der Waals surface area contributed by atoms with Crippen molar-refractivity contribution in [1.29, 1.82) is 0 Å². The van der Waals surface area contributed by atoms with Crippen LogP contribution >= 0.6 is 0 Å². The van der Waals surface area contributed by atoms with Gasteiger partial charge in [0.05, 0.1) is 6.61 Å². The van der Waals surface area contributed by atoms with Crippen molar-refractivity contribution in [2.24, 2.45) is 5.73 Å². The number of nitrogens with one attached hydrogen (secondary N) is 2. The molecule has 0 saturated carbocycles. The Hall–Kier alpha value is -1.59. The Morgan fingerprint density at radius 1 is 1.17 bits per heavy atom. The zero-order chi connectivity index (χ0) is 13.1. The van der Waals surface area contributed by atoms with Gasteiger partial charge in [0.2, 0.25) is 0 Å². The number of hydrogen-bond donors (Lipinski definition) is 3. The zero-order valence-electron chi connectivity index (χ0n) is 10.5. The molecule has 0 spiro atoms. The van der Waals surface area contributed by atoms with Gasteiger partial charge in [-0.25, -0.2) is 4.79 Å². The molecule has 0 bridgehead atoms. The molecule has 2 amide bonds. The predicted octanol–water partition coefficient (Wildman–Crippen LogP) is 0.851. The topological polar surface area (TPSA) is 76.4 Å². The SMILES string of the molecule is NCCOCCCNC(=O)NCc1ccccc1. The third kappa shape index (κ3) is 6.88. The average molecular weight is 251 g/mol. The normalized spacial score (nSPS) is 10.1. The maximum atomic E-state index is 11.4. The van der Waals surface area contributed by atoms with Crippen LogP contribution in [-0.2, 0) is 11.3 Å². The molecule has 100 valence electrons. The van der Waals surface area contributed by atoms with E-state index in [1.165, 1.54) is 0 Å². The number of carbonyl (C=O) groups excluding carboxylic acids is 1. The summed E-state index contributed by atoms with van der Waals surface area (Å²) in [6.45, 7) is 2.86. The quantitative estimate of drug-likeness (QED) is 0.600. The van der Waals surface area contributed by atoms with Crippen molar-refractivity contribution in [2.45, 2.75) is 13.0 Å². The summed E-state index contributed by atoms with van der Waals surface area (Å²) in [5, 5.41) is 5.56. The number of amides is 2. The Bertz CT molecular complexity index is 330. The fourth-order valence-corrected chi connectivity index (χ4v) is 1.40. The minimum Gasteiger partial charge on any atom is -0.380 e. The standard InChI is InChI=1S/C13H21N3O2/c14-7-10-18-9-4-8-15-13(17)16-11-12-5-2-1-3-6-12/h1-3,5-6H,4,7-11,14H2,(H2,15,16,17). The van der Waals surface area contributed by atoms with E-state index in [2.05, 4.69) is 10.6 Å². The Morgan fingerprint density at radius 3 is 2.67 bits per heavy atom. The van der Waals surface area contributed by atoms with E-state index in [1.807, 2.05) is 30.3 Å². The largest absolute Gasteiger partial charge is 0.380 e. The van der Waals surface area contributed by atoms with Gasteiger partial charge in [0, 0.05) is 26.2 Å². The summed E-state index contributed by atoms with van der Waals surface area (Å²) >= 11 is 0. The molecule has 4 N–H and O–H groups in total. The van der Waals surface area contributed by atoms with Gasteiger partial charge in [0.25, 0.3) is 0 Å². The third-order valence-corrected chi connectivity index (χ3v) is 2.31. The summed E-state index contributed by atoms with van der Waals surface area (Å²) in [6.07, 6.45) is 0.790. The summed E-state index contributed by atoms with van der Waals surface area (Å²) < 4.78 is 5.20. The van der Waals surface area contributed by atoms with E-state index in [9.17, 15) is 4.79 Å². The molecule has 0 heterocycles. The number of benzene rings is 1. The summed E-state index contributed by atoms with van der Waals surface area (Å²) in [6, 6.07) is 9.64. The minimum atomic E-state index is -0.155. The second kappa shape index (κ2) is 9.44. The Labute approximate surface area is 108 Å². The van der Waals surface area contributed by atoms with Crippen molar-refractivity contribution in [3.8, 4) is 0 Å². The Morgan fingerprint density at radius 2 is 1.94 bits per heavy atom. The molecule has 0 saturated heterocycles. The van der Waals surface area contributed by atoms with E-state index in [0.717, 1.165) is 12.0 Å². The molecule has 0 aliphatic rings. The van der Waals surface area contributed by atoms with Crippen molar-refractivity contribution in [3.05, 3.63) is 35.9 Å². The van der Waals surface area contributed by atoms with Crippen LogP contribution in [0.1, 0.15) is 12.0 Å². The first-order chi connectivity index (χ1) is 8.83. The van der Waals surface area contributed by atoms with Gasteiger partial charge >= 0.3 is 6.03 Å². The second-order valence-corrected chi connectivity index (χ2v) is 3.85. The molecule has 0 aromatic heterocycles. The van der Waals surface area contributed by atoms with Gasteiger partial charge in [-0.15, -0.1) is 0 Å². The number of carbonyl (C=O) groups is 1. The van der Waals surface area contributed by atoms with Crippen LogP contribution in [0.15, 0.2) is 30.3 Å². The van der Waals surface area contributed by atoms with Gasteiger partial charge < -0.3 is 21.1 Å². The second-order valence-electron chi connectivity index (χ2n) is 3.85. The van der Waals surface area contributed by atoms with E-state index >= 15 is 0 Å². The van der Waals surface area contributed by atoms with Crippen LogP contribution in [0.4, 0.5) is 4.79 Å². The van der Waals surface area contributed by atoms with Gasteiger partial charge in [0.15, 0.2) is 0 Å². The third-order valence-electron chi connectivity index (χ3n) is 2.31. The molecule has 1 aromatic rings. The fourth-order valence-electron chi connectivity index (χ4n) is 1.40. The minimum absolute atomic E-state index is 0.155. The van der Waals surface area contributed by atoms with E-state index in [0.29, 0.717) is 32.8 Å². The van der Waals surface area contributed by atoms with Crippen LogP contribution in [0.2, 0.25) is 0 Å². The highest BCUT2D eigenvalue weighted by molar-refractivity contribution is 5.73. The van der Waals surface area contributed by atoms with Crippen LogP contribution in [0, 0.1) is 0 Å². The van der Waals surface area contributed by atoms with E-state index < -0.39 is 0 Å². The molecule has 1 aromatic carbocycles. The highest BCUT2D eigenvalue weighted by Gasteiger charge is 1.99. The monoisotopic (exact) mass is 251 g/mol. The average Bonchev–Trinajstić information content (AvgIpc) is 2.41. The fraction of sp³-hybridized carbons (Fsp3) is 0.462. The molecule has 1 rings (SSSR count). The predicted molar refractivity (Wildman–Crippen MR) is 71.2 cm³/mol. The molecule has 18 heavy (non-hydrogen) atoms. The Kier molecular flexibility index (Phi) is 7.59. The van der Waals surface area contributed by atoms with Crippen molar-refractivity contribution in [2.75, 3.05) is 26.3 Å². The highest BCUT2D eigenvalue weighted by atomic mass is 16.5. The van der Waals surface area contributed by atoms with Gasteiger partial charge in [-0.2, -0.15) is 0 Å². The van der Waals surface area contributed by atoms with Crippen molar-refractivity contribution >= 4 is 6.03 Å². The number of urea groups is 1. The maximum absolute atomic E-state index is 11.4. The van der Waals surface area contributed by atoms with E-state index in [4.69, 9.17) is 10.5 Å². The lowest BCUT2D eigenvalue weighted by Gasteiger charge is -2.07. The molecule has 5 heteroatoms. The first-order valence-electron chi connectivity index (χ1n) is 6.16. The molecule has 0 radical (unpaired) electrons. The summed E-state index contributed by atoms with van der Waals surface area (Å²) in [4.78, 5) is 11.4. The van der Waals surface area contributed by atoms with Crippen molar-refractivity contribution < 1.29 is 9.53 Å². The van der Waals surface area contributed by atoms with Crippen LogP contribution in [0.25, 0.3) is 0 Å². The number of hydrogen-bond acceptors (Lipinski definition) is 3. The summed E-state index contributed by atoms with van der Waals surface area (Å²) in [5.41, 5.74) is 6.36. The molecular weight excluding hydrogens is 230 g/mol. The van der Waals surface area contributed by atoms with E-state index in [1.54, 1.807) is 0 Å². The van der Waals surface area contributed by atoms with Gasteiger partial charge in [-0.1, -0.05) is 30.3 Å². The number of nitrogens with two attached hydrogens (primary N) is 1. The molecule has 0 unspecified atom stereocenters. The first-order valence-corrected chi connectivity index (χ1v) is 6.16. The van der Waals surface area contributed by atoms with E-state index in [-0.39, 0.29) is 6.03 Å². The molecular formula is C13H21N3O2.